The van der Waals surface area contributed by atoms with Gasteiger partial charge in [0.15, 0.2) is 17.5 Å². The van der Waals surface area contributed by atoms with E-state index in [0.29, 0.717) is 23.7 Å². The molecule has 8 nitrogen and oxygen atoms in total. The number of hydrogen-bond acceptors (Lipinski definition) is 5. The summed E-state index contributed by atoms with van der Waals surface area (Å²) in [5.74, 6) is 0.798. The monoisotopic (exact) mass is 557 g/mol. The van der Waals surface area contributed by atoms with Crippen molar-refractivity contribution in [3.8, 4) is 11.5 Å². The summed E-state index contributed by atoms with van der Waals surface area (Å²) < 4.78 is 52.4. The van der Waals surface area contributed by atoms with Crippen LogP contribution in [0.4, 0.5) is 18.9 Å². The minimum atomic E-state index is -4.91. The Morgan fingerprint density at radius 3 is 2.42 bits per heavy atom. The Bertz CT molecular complexity index is 876. The summed E-state index contributed by atoms with van der Waals surface area (Å²) in [5.41, 5.74) is -2.52. The van der Waals surface area contributed by atoms with E-state index in [4.69, 9.17) is 9.47 Å². The maximum Gasteiger partial charge on any atom is 0.424 e. The second-order valence-electron chi connectivity index (χ2n) is 6.43. The molecule has 0 fully saturated rings. The zero-order chi connectivity index (χ0) is 22.4. The molecule has 1 heterocycles. The normalized spacial score (nSPS) is 13.7. The summed E-state index contributed by atoms with van der Waals surface area (Å²) >= 11 is 0. The Morgan fingerprint density at radius 2 is 1.90 bits per heavy atom. The summed E-state index contributed by atoms with van der Waals surface area (Å²) in [4.78, 5) is 7.85. The fraction of sp³-hybridized carbons (Fsp3) is 0.474. The summed E-state index contributed by atoms with van der Waals surface area (Å²) in [5, 5.41) is 16.3. The van der Waals surface area contributed by atoms with Crippen molar-refractivity contribution in [1.82, 2.24) is 14.9 Å². The predicted octanol–water partition coefficient (Wildman–Crippen LogP) is 3.27. The number of aliphatic imine (C=N–C) groups is 1. The third-order valence-electron chi connectivity index (χ3n) is 4.39. The highest BCUT2D eigenvalue weighted by atomic mass is 127. The van der Waals surface area contributed by atoms with Gasteiger partial charge in [-0.2, -0.15) is 13.2 Å². The van der Waals surface area contributed by atoms with Crippen LogP contribution in [-0.2, 0) is 12.6 Å². The summed E-state index contributed by atoms with van der Waals surface area (Å²) in [6.45, 7) is 2.01. The first-order valence-corrected chi connectivity index (χ1v) is 9.20. The van der Waals surface area contributed by atoms with E-state index < -0.39 is 24.0 Å². The van der Waals surface area contributed by atoms with Gasteiger partial charge in [-0.1, -0.05) is 0 Å². The third kappa shape index (κ3) is 6.38. The van der Waals surface area contributed by atoms with Crippen LogP contribution in [0.25, 0.3) is 0 Å². The lowest BCUT2D eigenvalue weighted by Gasteiger charge is -2.29. The molecule has 0 bridgehead atoms. The number of guanidine groups is 1. The van der Waals surface area contributed by atoms with Gasteiger partial charge >= 0.3 is 6.18 Å². The van der Waals surface area contributed by atoms with E-state index in [2.05, 4.69) is 20.6 Å². The maximum absolute atomic E-state index is 13.6. The predicted molar refractivity (Wildman–Crippen MR) is 122 cm³/mol. The van der Waals surface area contributed by atoms with Gasteiger partial charge in [0.25, 0.3) is 0 Å². The number of benzene rings is 1. The highest BCUT2D eigenvalue weighted by Crippen LogP contribution is 2.40. The van der Waals surface area contributed by atoms with Crippen LogP contribution in [0, 0.1) is 0 Å². The second-order valence-corrected chi connectivity index (χ2v) is 6.43. The van der Waals surface area contributed by atoms with Gasteiger partial charge in [0, 0.05) is 50.7 Å². The number of ether oxygens (including phenoxy) is 2. The van der Waals surface area contributed by atoms with Crippen LogP contribution in [0.3, 0.4) is 0 Å². The number of methoxy groups -OCH3 is 2. The number of alkyl halides is 3. The van der Waals surface area contributed by atoms with Crippen molar-refractivity contribution < 1.29 is 27.8 Å². The van der Waals surface area contributed by atoms with Crippen molar-refractivity contribution in [1.29, 1.82) is 0 Å². The molecule has 2 rings (SSSR count). The summed E-state index contributed by atoms with van der Waals surface area (Å²) in [6, 6.07) is 5.08. The topological polar surface area (TPSA) is 92.9 Å². The molecule has 0 aliphatic heterocycles. The fourth-order valence-corrected chi connectivity index (χ4v) is 2.83. The number of aryl methyl sites for hydroxylation is 1. The van der Waals surface area contributed by atoms with Gasteiger partial charge in [-0.25, -0.2) is 4.98 Å². The summed E-state index contributed by atoms with van der Waals surface area (Å²) in [7, 11) is 4.40. The molecule has 0 amide bonds. The van der Waals surface area contributed by atoms with Gasteiger partial charge in [-0.3, -0.25) is 4.99 Å². The number of rotatable bonds is 8. The van der Waals surface area contributed by atoms with Crippen molar-refractivity contribution in [2.24, 2.45) is 12.0 Å². The molecule has 12 heteroatoms. The number of aromatic nitrogens is 2. The van der Waals surface area contributed by atoms with E-state index >= 15 is 0 Å². The molecule has 0 saturated heterocycles. The number of nitrogens with zero attached hydrogens (tertiary/aromatic N) is 3. The highest BCUT2D eigenvalue weighted by Gasteiger charge is 2.57. The number of imidazole rings is 1. The molecule has 1 atom stereocenters. The zero-order valence-electron chi connectivity index (χ0n) is 17.7. The van der Waals surface area contributed by atoms with Crippen LogP contribution >= 0.6 is 24.0 Å². The molecule has 174 valence electrons. The third-order valence-corrected chi connectivity index (χ3v) is 4.39. The molecule has 1 aromatic carbocycles. The average molecular weight is 557 g/mol. The molecule has 1 aromatic heterocycles. The van der Waals surface area contributed by atoms with Crippen LogP contribution < -0.4 is 20.1 Å². The van der Waals surface area contributed by atoms with Crippen molar-refractivity contribution in [3.63, 3.8) is 0 Å². The lowest BCUT2D eigenvalue weighted by atomic mass is 9.98. The van der Waals surface area contributed by atoms with Gasteiger partial charge in [0.2, 0.25) is 5.60 Å². The second kappa shape index (κ2) is 11.4. The molecule has 0 radical (unpaired) electrons. The SMILES string of the molecule is CCNC(=NCCC(O)(c1nccn1C)C(F)(F)F)Nc1ccc(OC)c(OC)c1.I. The van der Waals surface area contributed by atoms with Crippen LogP contribution in [0.2, 0.25) is 0 Å². The number of aliphatic hydroxyl groups is 1. The Hall–Kier alpha value is -2.22. The Labute approximate surface area is 195 Å². The quantitative estimate of drug-likeness (QED) is 0.262. The molecule has 31 heavy (non-hydrogen) atoms. The van der Waals surface area contributed by atoms with E-state index in [-0.39, 0.29) is 36.5 Å². The highest BCUT2D eigenvalue weighted by molar-refractivity contribution is 14.0. The minimum absolute atomic E-state index is 0. The van der Waals surface area contributed by atoms with Crippen molar-refractivity contribution in [2.75, 3.05) is 32.6 Å². The average Bonchev–Trinajstić information content (AvgIpc) is 3.13. The minimum Gasteiger partial charge on any atom is -0.493 e. The number of hydrogen-bond donors (Lipinski definition) is 3. The van der Waals surface area contributed by atoms with E-state index in [1.54, 1.807) is 18.2 Å². The van der Waals surface area contributed by atoms with Gasteiger partial charge in [0.05, 0.1) is 14.2 Å². The Kier molecular flexibility index (Phi) is 9.87. The van der Waals surface area contributed by atoms with E-state index in [0.717, 1.165) is 4.57 Å². The van der Waals surface area contributed by atoms with E-state index in [1.807, 2.05) is 6.92 Å². The van der Waals surface area contributed by atoms with Gasteiger partial charge in [0.1, 0.15) is 5.82 Å². The fourth-order valence-electron chi connectivity index (χ4n) is 2.83. The molecule has 0 aliphatic carbocycles. The smallest absolute Gasteiger partial charge is 0.424 e. The number of anilines is 1. The molecule has 0 aliphatic rings. The van der Waals surface area contributed by atoms with Gasteiger partial charge in [-0.05, 0) is 19.1 Å². The molecule has 1 unspecified atom stereocenters. The van der Waals surface area contributed by atoms with E-state index in [1.165, 1.54) is 33.7 Å². The standard InChI is InChI=1S/C19H26F3N5O3.HI/c1-5-23-17(26-13-6-7-14(29-3)15(12-13)30-4)25-9-8-18(28,19(20,21)22)16-24-10-11-27(16)2;/h6-7,10-12,28H,5,8-9H2,1-4H3,(H2,23,25,26);1H. The molecule has 0 spiro atoms. The number of halogens is 4. The molecule has 2 aromatic rings. The lowest BCUT2D eigenvalue weighted by Crippen LogP contribution is -2.45. The van der Waals surface area contributed by atoms with Crippen molar-refractivity contribution in [2.45, 2.75) is 25.1 Å². The summed E-state index contributed by atoms with van der Waals surface area (Å²) in [6.07, 6.45) is -3.05. The van der Waals surface area contributed by atoms with Crippen LogP contribution in [0.15, 0.2) is 35.6 Å². The van der Waals surface area contributed by atoms with E-state index in [9.17, 15) is 18.3 Å². The van der Waals surface area contributed by atoms with Crippen LogP contribution in [-0.4, -0.2) is 54.1 Å². The van der Waals surface area contributed by atoms with Crippen LogP contribution in [0.5, 0.6) is 11.5 Å². The van der Waals surface area contributed by atoms with Gasteiger partial charge < -0.3 is 29.8 Å². The maximum atomic E-state index is 13.6. The molecule has 0 saturated carbocycles. The van der Waals surface area contributed by atoms with Crippen molar-refractivity contribution in [3.05, 3.63) is 36.4 Å². The largest absolute Gasteiger partial charge is 0.493 e. The van der Waals surface area contributed by atoms with Gasteiger partial charge in [-0.15, -0.1) is 24.0 Å². The Balaban J connectivity index is 0.00000480. The zero-order valence-corrected chi connectivity index (χ0v) is 20.0. The van der Waals surface area contributed by atoms with Crippen LogP contribution in [0.1, 0.15) is 19.2 Å². The number of nitrogens with one attached hydrogen (secondary N) is 2. The first-order valence-electron chi connectivity index (χ1n) is 9.20. The molecular formula is C19H27F3IN5O3. The lowest BCUT2D eigenvalue weighted by molar-refractivity contribution is -0.272. The van der Waals surface area contributed by atoms with Crippen molar-refractivity contribution >= 4 is 35.6 Å². The first-order chi connectivity index (χ1) is 14.2. The molecular weight excluding hydrogens is 530 g/mol. The first kappa shape index (κ1) is 26.8. The molecule has 3 N–H and O–H groups in total. The Morgan fingerprint density at radius 1 is 1.23 bits per heavy atom.